The maximum atomic E-state index is 14.3. The standard InChI is InChI=1S/C24H24F3N7O3/c1-11(28)21(23(29)35)12(2)32-20-6-19(18(27)8-30-20)37-16-9-34(10-16)24(36)22-17(7-31-33-22)13-3-14(25)5-15(26)4-13/h3-6,8,16-17,31H,7,9-10,28H2,1-2H3,(H2,29,35). The minimum Gasteiger partial charge on any atom is -0.483 e. The second-order valence-corrected chi connectivity index (χ2v) is 8.66. The smallest absolute Gasteiger partial charge is 0.271 e. The van der Waals surface area contributed by atoms with Gasteiger partial charge in [-0.25, -0.2) is 23.1 Å². The third kappa shape index (κ3) is 5.55. The van der Waals surface area contributed by atoms with Crippen molar-refractivity contribution in [1.82, 2.24) is 15.3 Å². The first-order chi connectivity index (χ1) is 17.5. The number of primary amides is 1. The molecule has 1 fully saturated rings. The monoisotopic (exact) mass is 515 g/mol. The number of nitrogens with one attached hydrogen (secondary N) is 1. The quantitative estimate of drug-likeness (QED) is 0.377. The fourth-order valence-electron chi connectivity index (χ4n) is 4.11. The number of hydrogen-bond donors (Lipinski definition) is 3. The Kier molecular flexibility index (Phi) is 7.14. The Morgan fingerprint density at radius 2 is 1.78 bits per heavy atom. The average molecular weight is 515 g/mol. The summed E-state index contributed by atoms with van der Waals surface area (Å²) in [5, 5.41) is 4.02. The number of ether oxygens (including phenoxy) is 1. The lowest BCUT2D eigenvalue weighted by Crippen LogP contribution is -2.58. The maximum Gasteiger partial charge on any atom is 0.271 e. The van der Waals surface area contributed by atoms with Gasteiger partial charge in [0.2, 0.25) is 0 Å². The number of rotatable bonds is 7. The van der Waals surface area contributed by atoms with Gasteiger partial charge in [-0.1, -0.05) is 0 Å². The summed E-state index contributed by atoms with van der Waals surface area (Å²) in [6.45, 7) is 3.52. The van der Waals surface area contributed by atoms with Gasteiger partial charge >= 0.3 is 0 Å². The first-order valence-electron chi connectivity index (χ1n) is 11.2. The minimum absolute atomic E-state index is 0.0327. The molecule has 0 saturated carbocycles. The van der Waals surface area contributed by atoms with Gasteiger partial charge in [0.15, 0.2) is 17.4 Å². The van der Waals surface area contributed by atoms with Gasteiger partial charge in [-0.2, -0.15) is 5.10 Å². The van der Waals surface area contributed by atoms with Gasteiger partial charge < -0.3 is 26.5 Å². The van der Waals surface area contributed by atoms with Gasteiger partial charge in [-0.3, -0.25) is 9.59 Å². The number of carbonyl (C=O) groups excluding carboxylic acids is 2. The van der Waals surface area contributed by atoms with Crippen LogP contribution in [-0.4, -0.2) is 58.9 Å². The summed E-state index contributed by atoms with van der Waals surface area (Å²) in [5.74, 6) is -4.09. The van der Waals surface area contributed by atoms with E-state index in [2.05, 4.69) is 20.5 Å². The summed E-state index contributed by atoms with van der Waals surface area (Å²) in [4.78, 5) is 34.1. The molecule has 194 valence electrons. The fourth-order valence-corrected chi connectivity index (χ4v) is 4.11. The summed E-state index contributed by atoms with van der Waals surface area (Å²) < 4.78 is 47.3. The Morgan fingerprint density at radius 3 is 2.41 bits per heavy atom. The van der Waals surface area contributed by atoms with E-state index in [0.717, 1.165) is 24.4 Å². The molecule has 0 spiro atoms. The van der Waals surface area contributed by atoms with Crippen LogP contribution in [0.5, 0.6) is 5.75 Å². The highest BCUT2D eigenvalue weighted by atomic mass is 19.1. The van der Waals surface area contributed by atoms with Crippen molar-refractivity contribution < 1.29 is 27.5 Å². The third-order valence-electron chi connectivity index (χ3n) is 5.85. The zero-order valence-corrected chi connectivity index (χ0v) is 20.0. The van der Waals surface area contributed by atoms with Crippen LogP contribution in [0, 0.1) is 17.5 Å². The molecule has 0 radical (unpaired) electrons. The van der Waals surface area contributed by atoms with Crippen LogP contribution < -0.4 is 21.6 Å². The number of allylic oxidation sites excluding steroid dienone is 1. The highest BCUT2D eigenvalue weighted by Gasteiger charge is 2.39. The van der Waals surface area contributed by atoms with Crippen molar-refractivity contribution in [3.05, 3.63) is 64.7 Å². The molecule has 1 saturated heterocycles. The summed E-state index contributed by atoms with van der Waals surface area (Å²) in [5.41, 5.74) is 14.6. The summed E-state index contributed by atoms with van der Waals surface area (Å²) in [6.07, 6.45) is 0.402. The van der Waals surface area contributed by atoms with Gasteiger partial charge in [-0.05, 0) is 31.5 Å². The molecule has 1 aromatic carbocycles. The van der Waals surface area contributed by atoms with Crippen LogP contribution in [0.2, 0.25) is 0 Å². The summed E-state index contributed by atoms with van der Waals surface area (Å²) >= 11 is 0. The number of hydrogen-bond acceptors (Lipinski definition) is 8. The first-order valence-corrected chi connectivity index (χ1v) is 11.2. The van der Waals surface area contributed by atoms with Gasteiger partial charge in [0.05, 0.1) is 36.5 Å². The Labute approximate surface area is 209 Å². The number of aliphatic imine (C=N–C) groups is 1. The lowest BCUT2D eigenvalue weighted by atomic mass is 9.93. The van der Waals surface area contributed by atoms with Crippen LogP contribution >= 0.6 is 0 Å². The van der Waals surface area contributed by atoms with E-state index in [9.17, 15) is 22.8 Å². The Morgan fingerprint density at radius 1 is 1.11 bits per heavy atom. The van der Waals surface area contributed by atoms with Crippen molar-refractivity contribution in [2.75, 3.05) is 19.6 Å². The zero-order chi connectivity index (χ0) is 26.9. The molecule has 0 aliphatic carbocycles. The number of nitrogens with zero attached hydrogens (tertiary/aromatic N) is 4. The first kappa shape index (κ1) is 25.7. The van der Waals surface area contributed by atoms with E-state index in [-0.39, 0.29) is 53.9 Å². The van der Waals surface area contributed by atoms with E-state index in [1.165, 1.54) is 24.8 Å². The number of nitrogens with two attached hydrogens (primary N) is 2. The lowest BCUT2D eigenvalue weighted by Gasteiger charge is -2.39. The molecule has 3 heterocycles. The molecule has 0 bridgehead atoms. The average Bonchev–Trinajstić information content (AvgIpc) is 3.26. The van der Waals surface area contributed by atoms with Crippen molar-refractivity contribution in [3.63, 3.8) is 0 Å². The molecule has 1 unspecified atom stereocenters. The fraction of sp³-hybridized carbons (Fsp3) is 0.292. The number of halogens is 3. The van der Waals surface area contributed by atoms with Crippen molar-refractivity contribution in [1.29, 1.82) is 0 Å². The summed E-state index contributed by atoms with van der Waals surface area (Å²) in [6, 6.07) is 4.34. The SMILES string of the molecule is CC(=Nc1cc(OC2CN(C(=O)C3=NNCC3c3cc(F)cc(F)c3)C2)c(F)cn1)C(C(N)=O)=C(C)N. The molecule has 2 amide bonds. The van der Waals surface area contributed by atoms with E-state index in [1.54, 1.807) is 0 Å². The second kappa shape index (κ2) is 10.3. The second-order valence-electron chi connectivity index (χ2n) is 8.66. The number of benzene rings is 1. The van der Waals surface area contributed by atoms with Crippen LogP contribution in [0.25, 0.3) is 0 Å². The maximum absolute atomic E-state index is 14.3. The van der Waals surface area contributed by atoms with Crippen LogP contribution in [0.3, 0.4) is 0 Å². The molecule has 2 aromatic rings. The van der Waals surface area contributed by atoms with Gasteiger partial charge in [0, 0.05) is 24.4 Å². The normalized spacial score (nSPS) is 18.5. The highest BCUT2D eigenvalue weighted by molar-refractivity contribution is 6.41. The lowest BCUT2D eigenvalue weighted by molar-refractivity contribution is -0.132. The van der Waals surface area contributed by atoms with Crippen LogP contribution in [-0.2, 0) is 9.59 Å². The highest BCUT2D eigenvalue weighted by Crippen LogP contribution is 2.28. The van der Waals surface area contributed by atoms with Crippen molar-refractivity contribution >= 4 is 29.1 Å². The van der Waals surface area contributed by atoms with Crippen LogP contribution in [0.4, 0.5) is 19.0 Å². The molecule has 1 atom stereocenters. The molecule has 13 heteroatoms. The largest absolute Gasteiger partial charge is 0.483 e. The molecule has 2 aliphatic heterocycles. The molecule has 1 aromatic heterocycles. The molecule has 10 nitrogen and oxygen atoms in total. The number of hydrazone groups is 1. The predicted octanol–water partition coefficient (Wildman–Crippen LogP) is 1.64. The van der Waals surface area contributed by atoms with Crippen LogP contribution in [0.15, 0.2) is 51.8 Å². The van der Waals surface area contributed by atoms with E-state index in [4.69, 9.17) is 16.2 Å². The van der Waals surface area contributed by atoms with Gasteiger partial charge in [-0.15, -0.1) is 0 Å². The minimum atomic E-state index is -0.758. The number of carbonyl (C=O) groups is 2. The van der Waals surface area contributed by atoms with Crippen molar-refractivity contribution in [2.24, 2.45) is 21.6 Å². The van der Waals surface area contributed by atoms with Crippen molar-refractivity contribution in [2.45, 2.75) is 25.9 Å². The Balaban J connectivity index is 1.41. The number of aromatic nitrogens is 1. The van der Waals surface area contributed by atoms with E-state index in [0.29, 0.717) is 5.56 Å². The number of likely N-dealkylation sites (tertiary alicyclic amines) is 1. The van der Waals surface area contributed by atoms with E-state index >= 15 is 0 Å². The zero-order valence-electron chi connectivity index (χ0n) is 20.0. The van der Waals surface area contributed by atoms with E-state index < -0.39 is 41.3 Å². The summed E-state index contributed by atoms with van der Waals surface area (Å²) in [7, 11) is 0. The van der Waals surface area contributed by atoms with E-state index in [1.807, 2.05) is 0 Å². The molecule has 4 rings (SSSR count). The molecule has 2 aliphatic rings. The van der Waals surface area contributed by atoms with Gasteiger partial charge in [0.25, 0.3) is 11.8 Å². The Hall–Kier alpha value is -4.42. The molecular formula is C24H24F3N7O3. The van der Waals surface area contributed by atoms with Gasteiger partial charge in [0.1, 0.15) is 23.5 Å². The third-order valence-corrected chi connectivity index (χ3v) is 5.85. The number of pyridine rings is 1. The predicted molar refractivity (Wildman–Crippen MR) is 129 cm³/mol. The Bertz CT molecular complexity index is 1330. The number of amides is 2. The molecular weight excluding hydrogens is 491 g/mol. The van der Waals surface area contributed by atoms with Crippen LogP contribution in [0.1, 0.15) is 25.3 Å². The molecule has 37 heavy (non-hydrogen) atoms. The topological polar surface area (TPSA) is 148 Å². The van der Waals surface area contributed by atoms with Crippen molar-refractivity contribution in [3.8, 4) is 5.75 Å². The molecule has 5 N–H and O–H groups in total.